The number of hydrogen-bond acceptors (Lipinski definition) is 2. The van der Waals surface area contributed by atoms with Crippen LogP contribution in [0.3, 0.4) is 0 Å². The molecule has 3 aromatic rings. The molecule has 0 unspecified atom stereocenters. The number of benzene rings is 3. The van der Waals surface area contributed by atoms with E-state index in [1.54, 1.807) is 28.6 Å². The van der Waals surface area contributed by atoms with Gasteiger partial charge in [-0.15, -0.1) is 0 Å². The predicted molar refractivity (Wildman–Crippen MR) is 114 cm³/mol. The van der Waals surface area contributed by atoms with Gasteiger partial charge in [0.1, 0.15) is 0 Å². The summed E-state index contributed by atoms with van der Waals surface area (Å²) in [6.45, 7) is 1.20. The normalized spacial score (nSPS) is 16.1. The molecule has 3 aromatic carbocycles. The molecule has 0 bridgehead atoms. The molecular formula is C24H25NO2S. The Morgan fingerprint density at radius 2 is 1.25 bits per heavy atom. The third-order valence-corrected chi connectivity index (χ3v) is 7.45. The highest BCUT2D eigenvalue weighted by Crippen LogP contribution is 2.27. The zero-order valence-electron chi connectivity index (χ0n) is 15.9. The Hall–Kier alpha value is -2.43. The summed E-state index contributed by atoms with van der Waals surface area (Å²) in [7, 11) is -3.36. The van der Waals surface area contributed by atoms with Gasteiger partial charge in [0.05, 0.1) is 4.90 Å². The predicted octanol–water partition coefficient (Wildman–Crippen LogP) is 5.00. The van der Waals surface area contributed by atoms with Gasteiger partial charge in [-0.05, 0) is 54.0 Å². The quantitative estimate of drug-likeness (QED) is 0.614. The van der Waals surface area contributed by atoms with Gasteiger partial charge in [-0.1, -0.05) is 72.8 Å². The van der Waals surface area contributed by atoms with Crippen LogP contribution in [0.4, 0.5) is 0 Å². The molecule has 0 aliphatic carbocycles. The number of nitrogens with zero attached hydrogens (tertiary/aromatic N) is 1. The van der Waals surface area contributed by atoms with Crippen LogP contribution in [0.5, 0.6) is 0 Å². The van der Waals surface area contributed by atoms with E-state index in [1.807, 2.05) is 12.1 Å². The highest BCUT2D eigenvalue weighted by molar-refractivity contribution is 7.89. The summed E-state index contributed by atoms with van der Waals surface area (Å²) in [6, 6.07) is 27.9. The van der Waals surface area contributed by atoms with Crippen molar-refractivity contribution in [3.05, 3.63) is 90.5 Å². The molecule has 1 saturated heterocycles. The van der Waals surface area contributed by atoms with Crippen molar-refractivity contribution in [3.63, 3.8) is 0 Å². The Kier molecular flexibility index (Phi) is 5.60. The van der Waals surface area contributed by atoms with Gasteiger partial charge in [-0.2, -0.15) is 4.31 Å². The lowest BCUT2D eigenvalue weighted by molar-refractivity contribution is 0.273. The average Bonchev–Trinajstić information content (AvgIpc) is 2.76. The van der Waals surface area contributed by atoms with Crippen LogP contribution in [-0.4, -0.2) is 25.8 Å². The monoisotopic (exact) mass is 391 g/mol. The molecule has 4 heteroatoms. The van der Waals surface area contributed by atoms with Gasteiger partial charge in [-0.25, -0.2) is 8.42 Å². The molecule has 0 radical (unpaired) electrons. The Morgan fingerprint density at radius 3 is 1.86 bits per heavy atom. The average molecular weight is 392 g/mol. The summed E-state index contributed by atoms with van der Waals surface area (Å²) >= 11 is 0. The van der Waals surface area contributed by atoms with E-state index in [4.69, 9.17) is 0 Å². The lowest BCUT2D eigenvalue weighted by Gasteiger charge is -2.31. The van der Waals surface area contributed by atoms with E-state index in [0.29, 0.717) is 23.9 Å². The molecule has 1 aliphatic rings. The van der Waals surface area contributed by atoms with Gasteiger partial charge in [0.2, 0.25) is 10.0 Å². The molecule has 28 heavy (non-hydrogen) atoms. The maximum atomic E-state index is 12.8. The zero-order valence-corrected chi connectivity index (χ0v) is 16.7. The van der Waals surface area contributed by atoms with E-state index in [2.05, 4.69) is 48.5 Å². The molecule has 0 amide bonds. The minimum Gasteiger partial charge on any atom is -0.207 e. The van der Waals surface area contributed by atoms with Gasteiger partial charge in [0.15, 0.2) is 0 Å². The molecule has 0 saturated carbocycles. The van der Waals surface area contributed by atoms with E-state index in [0.717, 1.165) is 19.3 Å². The molecule has 0 atom stereocenters. The number of piperidine rings is 1. The lowest BCUT2D eigenvalue weighted by Crippen LogP contribution is -2.38. The van der Waals surface area contributed by atoms with Gasteiger partial charge in [0.25, 0.3) is 0 Å². The number of hydrogen-bond donors (Lipinski definition) is 0. The van der Waals surface area contributed by atoms with Crippen molar-refractivity contribution >= 4 is 10.0 Å². The van der Waals surface area contributed by atoms with Crippen molar-refractivity contribution in [2.75, 3.05) is 13.1 Å². The van der Waals surface area contributed by atoms with Crippen molar-refractivity contribution < 1.29 is 8.42 Å². The van der Waals surface area contributed by atoms with E-state index >= 15 is 0 Å². The Morgan fingerprint density at radius 1 is 0.714 bits per heavy atom. The minimum absolute atomic E-state index is 0.393. The molecule has 4 rings (SSSR count). The zero-order chi connectivity index (χ0) is 19.4. The van der Waals surface area contributed by atoms with Gasteiger partial charge in [-0.3, -0.25) is 0 Å². The van der Waals surface area contributed by atoms with Crippen LogP contribution < -0.4 is 0 Å². The van der Waals surface area contributed by atoms with Crippen molar-refractivity contribution in [1.82, 2.24) is 4.31 Å². The highest BCUT2D eigenvalue weighted by atomic mass is 32.2. The first-order chi connectivity index (χ1) is 13.6. The summed E-state index contributed by atoms with van der Waals surface area (Å²) in [5, 5.41) is 0. The van der Waals surface area contributed by atoms with Crippen LogP contribution in [0, 0.1) is 5.92 Å². The first-order valence-corrected chi connectivity index (χ1v) is 11.3. The second-order valence-electron chi connectivity index (χ2n) is 7.43. The molecular weight excluding hydrogens is 366 g/mol. The second kappa shape index (κ2) is 8.29. The van der Waals surface area contributed by atoms with E-state index < -0.39 is 10.0 Å². The molecule has 1 aliphatic heterocycles. The minimum atomic E-state index is -3.36. The molecule has 0 spiro atoms. The molecule has 0 N–H and O–H groups in total. The third kappa shape index (κ3) is 4.18. The molecule has 0 aromatic heterocycles. The van der Waals surface area contributed by atoms with E-state index in [9.17, 15) is 8.42 Å². The van der Waals surface area contributed by atoms with Gasteiger partial charge < -0.3 is 0 Å². The number of sulfonamides is 1. The summed E-state index contributed by atoms with van der Waals surface area (Å²) in [5.41, 5.74) is 3.78. The fourth-order valence-corrected chi connectivity index (χ4v) is 5.38. The maximum Gasteiger partial charge on any atom is 0.243 e. The maximum absolute atomic E-state index is 12.8. The van der Waals surface area contributed by atoms with E-state index in [1.165, 1.54) is 16.7 Å². The van der Waals surface area contributed by atoms with Crippen LogP contribution in [0.25, 0.3) is 11.1 Å². The Balaban J connectivity index is 1.36. The second-order valence-corrected chi connectivity index (χ2v) is 9.37. The Labute approximate surface area is 167 Å². The van der Waals surface area contributed by atoms with Crippen LogP contribution in [0.2, 0.25) is 0 Å². The fourth-order valence-electron chi connectivity index (χ4n) is 3.89. The standard InChI is InChI=1S/C24H25NO2S/c26-28(27,24-9-5-2-6-10-24)25-17-15-21(16-18-25)19-20-11-13-23(14-12-20)22-7-3-1-4-8-22/h1-14,21H,15-19H2. The Bertz CT molecular complexity index is 991. The van der Waals surface area contributed by atoms with Crippen molar-refractivity contribution in [3.8, 4) is 11.1 Å². The number of rotatable bonds is 5. The molecule has 1 fully saturated rings. The summed E-state index contributed by atoms with van der Waals surface area (Å²) < 4.78 is 27.1. The van der Waals surface area contributed by atoms with E-state index in [-0.39, 0.29) is 0 Å². The summed E-state index contributed by atoms with van der Waals surface area (Å²) in [5.74, 6) is 0.532. The van der Waals surface area contributed by atoms with Gasteiger partial charge >= 0.3 is 0 Å². The van der Waals surface area contributed by atoms with Crippen molar-refractivity contribution in [1.29, 1.82) is 0 Å². The first kappa shape index (κ1) is 18.9. The van der Waals surface area contributed by atoms with Crippen LogP contribution in [-0.2, 0) is 16.4 Å². The molecule has 3 nitrogen and oxygen atoms in total. The molecule has 144 valence electrons. The van der Waals surface area contributed by atoms with Crippen LogP contribution >= 0.6 is 0 Å². The first-order valence-electron chi connectivity index (χ1n) is 9.82. The largest absolute Gasteiger partial charge is 0.243 e. The van der Waals surface area contributed by atoms with Crippen LogP contribution in [0.15, 0.2) is 89.8 Å². The van der Waals surface area contributed by atoms with Crippen molar-refractivity contribution in [2.45, 2.75) is 24.2 Å². The smallest absolute Gasteiger partial charge is 0.207 e. The highest BCUT2D eigenvalue weighted by Gasteiger charge is 2.29. The van der Waals surface area contributed by atoms with Gasteiger partial charge in [0, 0.05) is 13.1 Å². The van der Waals surface area contributed by atoms with Crippen LogP contribution in [0.1, 0.15) is 18.4 Å². The SMILES string of the molecule is O=S(=O)(c1ccccc1)N1CCC(Cc2ccc(-c3ccccc3)cc2)CC1. The summed E-state index contributed by atoms with van der Waals surface area (Å²) in [4.78, 5) is 0.393. The molecule has 1 heterocycles. The fraction of sp³-hybridized carbons (Fsp3) is 0.250. The lowest BCUT2D eigenvalue weighted by atomic mass is 9.90. The summed E-state index contributed by atoms with van der Waals surface area (Å²) in [6.07, 6.45) is 2.83. The topological polar surface area (TPSA) is 37.4 Å². The van der Waals surface area contributed by atoms with Crippen molar-refractivity contribution in [2.24, 2.45) is 5.92 Å². The third-order valence-electron chi connectivity index (χ3n) is 5.54.